The highest BCUT2D eigenvalue weighted by molar-refractivity contribution is 6.30. The first-order chi connectivity index (χ1) is 10.6. The lowest BCUT2D eigenvalue weighted by atomic mass is 10.2. The Kier molecular flexibility index (Phi) is 3.94. The van der Waals surface area contributed by atoms with Crippen LogP contribution >= 0.6 is 11.6 Å². The molecule has 0 radical (unpaired) electrons. The quantitative estimate of drug-likeness (QED) is 0.792. The van der Waals surface area contributed by atoms with Crippen molar-refractivity contribution < 1.29 is 4.79 Å². The normalized spacial score (nSPS) is 10.5. The molecule has 0 atom stereocenters. The van der Waals surface area contributed by atoms with Crippen molar-refractivity contribution in [1.82, 2.24) is 9.78 Å². The lowest BCUT2D eigenvalue weighted by molar-refractivity contribution is 0.101. The second-order valence-corrected chi connectivity index (χ2v) is 5.32. The molecule has 0 aliphatic carbocycles. The number of hydrogen-bond donors (Lipinski definition) is 1. The molecule has 0 saturated carbocycles. The highest BCUT2D eigenvalue weighted by Gasteiger charge is 2.15. The van der Waals surface area contributed by atoms with Gasteiger partial charge in [0.25, 0.3) is 5.91 Å². The Balaban J connectivity index is 1.93. The van der Waals surface area contributed by atoms with Gasteiger partial charge in [-0.3, -0.25) is 4.79 Å². The van der Waals surface area contributed by atoms with Crippen LogP contribution in [0.25, 0.3) is 5.69 Å². The van der Waals surface area contributed by atoms with Gasteiger partial charge in [-0.25, -0.2) is 4.68 Å². The van der Waals surface area contributed by atoms with Crippen LogP contribution in [0.5, 0.6) is 0 Å². The van der Waals surface area contributed by atoms with Crippen LogP contribution in [-0.2, 0) is 0 Å². The van der Waals surface area contributed by atoms with E-state index in [0.717, 1.165) is 11.4 Å². The number of benzene rings is 2. The number of para-hydroxylation sites is 1. The minimum atomic E-state index is -0.230. The van der Waals surface area contributed by atoms with Crippen molar-refractivity contribution in [2.75, 3.05) is 5.32 Å². The molecule has 0 aliphatic heterocycles. The number of carbonyl (C=O) groups excluding carboxylic acids is 1. The fourth-order valence-electron chi connectivity index (χ4n) is 2.19. The van der Waals surface area contributed by atoms with Gasteiger partial charge in [0, 0.05) is 10.7 Å². The Bertz CT molecular complexity index is 812. The van der Waals surface area contributed by atoms with Gasteiger partial charge in [-0.05, 0) is 43.3 Å². The maximum Gasteiger partial charge on any atom is 0.274 e. The highest BCUT2D eigenvalue weighted by Crippen LogP contribution is 2.17. The van der Waals surface area contributed by atoms with Crippen LogP contribution in [0.2, 0.25) is 5.02 Å². The number of aryl methyl sites for hydroxylation is 1. The molecule has 3 rings (SSSR count). The van der Waals surface area contributed by atoms with E-state index in [1.165, 1.54) is 0 Å². The molecule has 1 amide bonds. The SMILES string of the molecule is Cc1cc(C(=O)Nc2cccc(Cl)c2)n(-c2ccccc2)n1. The van der Waals surface area contributed by atoms with Gasteiger partial charge >= 0.3 is 0 Å². The summed E-state index contributed by atoms with van der Waals surface area (Å²) in [5.41, 5.74) is 2.74. The van der Waals surface area contributed by atoms with Crippen molar-refractivity contribution in [1.29, 1.82) is 0 Å². The predicted octanol–water partition coefficient (Wildman–Crippen LogP) is 4.09. The minimum absolute atomic E-state index is 0.230. The van der Waals surface area contributed by atoms with Gasteiger partial charge in [0.05, 0.1) is 11.4 Å². The van der Waals surface area contributed by atoms with Gasteiger partial charge in [0.2, 0.25) is 0 Å². The summed E-state index contributed by atoms with van der Waals surface area (Å²) in [6, 6.07) is 18.3. The third kappa shape index (κ3) is 3.02. The molecule has 0 fully saturated rings. The van der Waals surface area contributed by atoms with E-state index in [-0.39, 0.29) is 5.91 Å². The van der Waals surface area contributed by atoms with Crippen molar-refractivity contribution in [3.63, 3.8) is 0 Å². The number of anilines is 1. The summed E-state index contributed by atoms with van der Waals surface area (Å²) in [6.07, 6.45) is 0. The van der Waals surface area contributed by atoms with E-state index in [1.807, 2.05) is 37.3 Å². The average molecular weight is 312 g/mol. The molecule has 0 aliphatic rings. The number of halogens is 1. The van der Waals surface area contributed by atoms with Gasteiger partial charge in [0.1, 0.15) is 5.69 Å². The number of nitrogens with one attached hydrogen (secondary N) is 1. The Morgan fingerprint density at radius 1 is 1.09 bits per heavy atom. The number of rotatable bonds is 3. The molecule has 4 nitrogen and oxygen atoms in total. The molecular formula is C17H14ClN3O. The van der Waals surface area contributed by atoms with Crippen LogP contribution in [0.3, 0.4) is 0 Å². The van der Waals surface area contributed by atoms with Crippen molar-refractivity contribution >= 4 is 23.2 Å². The topological polar surface area (TPSA) is 46.9 Å². The average Bonchev–Trinajstić information content (AvgIpc) is 2.90. The molecule has 2 aromatic carbocycles. The van der Waals surface area contributed by atoms with Crippen LogP contribution in [0.4, 0.5) is 5.69 Å². The lowest BCUT2D eigenvalue weighted by Gasteiger charge is -2.08. The number of hydrogen-bond acceptors (Lipinski definition) is 2. The van der Waals surface area contributed by atoms with Crippen molar-refractivity contribution in [3.8, 4) is 5.69 Å². The van der Waals surface area contributed by atoms with E-state index in [9.17, 15) is 4.79 Å². The van der Waals surface area contributed by atoms with Crippen LogP contribution in [0, 0.1) is 6.92 Å². The minimum Gasteiger partial charge on any atom is -0.321 e. The molecule has 1 heterocycles. The van der Waals surface area contributed by atoms with Gasteiger partial charge in [-0.2, -0.15) is 5.10 Å². The summed E-state index contributed by atoms with van der Waals surface area (Å²) in [5, 5.41) is 7.80. The number of amides is 1. The summed E-state index contributed by atoms with van der Waals surface area (Å²) < 4.78 is 1.63. The molecule has 110 valence electrons. The van der Waals surface area contributed by atoms with Crippen LogP contribution in [0.1, 0.15) is 16.2 Å². The number of aromatic nitrogens is 2. The highest BCUT2D eigenvalue weighted by atomic mass is 35.5. The van der Waals surface area contributed by atoms with Crippen LogP contribution in [0.15, 0.2) is 60.7 Å². The van der Waals surface area contributed by atoms with Crippen LogP contribution in [-0.4, -0.2) is 15.7 Å². The summed E-state index contributed by atoms with van der Waals surface area (Å²) in [7, 11) is 0. The standard InChI is InChI=1S/C17H14ClN3O/c1-12-10-16(21(20-12)15-8-3-2-4-9-15)17(22)19-14-7-5-6-13(18)11-14/h2-11H,1H3,(H,19,22). The fraction of sp³-hybridized carbons (Fsp3) is 0.0588. The fourth-order valence-corrected chi connectivity index (χ4v) is 2.38. The van der Waals surface area contributed by atoms with E-state index in [0.29, 0.717) is 16.4 Å². The van der Waals surface area contributed by atoms with Crippen molar-refractivity contribution in [2.24, 2.45) is 0 Å². The monoisotopic (exact) mass is 311 g/mol. The largest absolute Gasteiger partial charge is 0.321 e. The van der Waals surface area contributed by atoms with E-state index < -0.39 is 0 Å². The Hall–Kier alpha value is -2.59. The van der Waals surface area contributed by atoms with E-state index in [4.69, 9.17) is 11.6 Å². The molecule has 0 saturated heterocycles. The maximum absolute atomic E-state index is 12.5. The molecule has 3 aromatic rings. The number of nitrogens with zero attached hydrogens (tertiary/aromatic N) is 2. The van der Waals surface area contributed by atoms with E-state index in [2.05, 4.69) is 10.4 Å². The van der Waals surface area contributed by atoms with Crippen molar-refractivity contribution in [3.05, 3.63) is 77.1 Å². The third-order valence-electron chi connectivity index (χ3n) is 3.15. The summed E-state index contributed by atoms with van der Waals surface area (Å²) >= 11 is 5.94. The molecule has 1 N–H and O–H groups in total. The maximum atomic E-state index is 12.5. The van der Waals surface area contributed by atoms with Crippen LogP contribution < -0.4 is 5.32 Å². The molecule has 22 heavy (non-hydrogen) atoms. The molecule has 0 spiro atoms. The molecule has 0 unspecified atom stereocenters. The molecule has 5 heteroatoms. The first-order valence-electron chi connectivity index (χ1n) is 6.82. The van der Waals surface area contributed by atoms with Gasteiger partial charge in [-0.1, -0.05) is 35.9 Å². The number of carbonyl (C=O) groups is 1. The lowest BCUT2D eigenvalue weighted by Crippen LogP contribution is -2.16. The smallest absolute Gasteiger partial charge is 0.274 e. The van der Waals surface area contributed by atoms with Gasteiger partial charge < -0.3 is 5.32 Å². The van der Waals surface area contributed by atoms with E-state index >= 15 is 0 Å². The zero-order valence-corrected chi connectivity index (χ0v) is 12.7. The zero-order valence-electron chi connectivity index (χ0n) is 12.0. The summed E-state index contributed by atoms with van der Waals surface area (Å²) in [6.45, 7) is 1.86. The van der Waals surface area contributed by atoms with E-state index in [1.54, 1.807) is 35.0 Å². The Morgan fingerprint density at radius 2 is 1.86 bits per heavy atom. The predicted molar refractivity (Wildman–Crippen MR) is 87.7 cm³/mol. The summed E-state index contributed by atoms with van der Waals surface area (Å²) in [4.78, 5) is 12.5. The van der Waals surface area contributed by atoms with Crippen molar-refractivity contribution in [2.45, 2.75) is 6.92 Å². The second kappa shape index (κ2) is 6.03. The van der Waals surface area contributed by atoms with Gasteiger partial charge in [-0.15, -0.1) is 0 Å². The molecule has 0 bridgehead atoms. The first-order valence-corrected chi connectivity index (χ1v) is 7.20. The zero-order chi connectivity index (χ0) is 15.5. The second-order valence-electron chi connectivity index (χ2n) is 4.88. The van der Waals surface area contributed by atoms with Gasteiger partial charge in [0.15, 0.2) is 0 Å². The Labute approximate surface area is 133 Å². The summed E-state index contributed by atoms with van der Waals surface area (Å²) in [5.74, 6) is -0.230. The first kappa shape index (κ1) is 14.4. The Morgan fingerprint density at radius 3 is 2.59 bits per heavy atom. The third-order valence-corrected chi connectivity index (χ3v) is 3.38. The molecule has 1 aromatic heterocycles. The molecular weight excluding hydrogens is 298 g/mol.